The standard InChI is InChI=1S/C6H6N4.C2H6/c1-10-4-9-6-5(10)2-7-3-8-6;1-2/h2-4H,1H3;1-2H3. The van der Waals surface area contributed by atoms with E-state index in [1.807, 2.05) is 25.5 Å². The van der Waals surface area contributed by atoms with E-state index in [9.17, 15) is 0 Å². The molecule has 64 valence electrons. The van der Waals surface area contributed by atoms with E-state index in [4.69, 9.17) is 0 Å². The molecule has 2 aromatic heterocycles. The van der Waals surface area contributed by atoms with Crippen LogP contribution in [-0.4, -0.2) is 19.5 Å². The zero-order valence-electron chi connectivity index (χ0n) is 7.52. The van der Waals surface area contributed by atoms with Crippen LogP contribution in [-0.2, 0) is 7.05 Å². The van der Waals surface area contributed by atoms with E-state index in [2.05, 4.69) is 15.0 Å². The number of aryl methyl sites for hydroxylation is 1. The fourth-order valence-electron chi connectivity index (χ4n) is 0.868. The van der Waals surface area contributed by atoms with Crippen LogP contribution < -0.4 is 0 Å². The van der Waals surface area contributed by atoms with Crippen molar-refractivity contribution >= 4 is 11.2 Å². The maximum atomic E-state index is 4.03. The highest BCUT2D eigenvalue weighted by Gasteiger charge is 1.96. The summed E-state index contributed by atoms with van der Waals surface area (Å²) in [7, 11) is 1.92. The minimum atomic E-state index is 0.748. The molecule has 0 saturated heterocycles. The first-order valence-electron chi connectivity index (χ1n) is 3.95. The van der Waals surface area contributed by atoms with Gasteiger partial charge in [-0.25, -0.2) is 15.0 Å². The maximum Gasteiger partial charge on any atom is 0.180 e. The van der Waals surface area contributed by atoms with Crippen molar-refractivity contribution in [3.63, 3.8) is 0 Å². The van der Waals surface area contributed by atoms with Crippen LogP contribution in [0.15, 0.2) is 18.9 Å². The van der Waals surface area contributed by atoms with Crippen LogP contribution in [0, 0.1) is 0 Å². The molecule has 2 rings (SSSR count). The second kappa shape index (κ2) is 3.80. The van der Waals surface area contributed by atoms with E-state index in [0.29, 0.717) is 0 Å². The summed E-state index contributed by atoms with van der Waals surface area (Å²) in [4.78, 5) is 11.9. The lowest BCUT2D eigenvalue weighted by molar-refractivity contribution is 0.944. The zero-order chi connectivity index (χ0) is 8.97. The van der Waals surface area contributed by atoms with Crippen LogP contribution in [0.3, 0.4) is 0 Å². The van der Waals surface area contributed by atoms with Gasteiger partial charge >= 0.3 is 0 Å². The molecule has 0 radical (unpaired) electrons. The molecule has 4 heteroatoms. The smallest absolute Gasteiger partial charge is 0.180 e. The molecule has 0 aromatic carbocycles. The monoisotopic (exact) mass is 164 g/mol. The van der Waals surface area contributed by atoms with Crippen LogP contribution in [0.2, 0.25) is 0 Å². The number of nitrogens with zero attached hydrogens (tertiary/aromatic N) is 4. The Morgan fingerprint density at radius 2 is 2.00 bits per heavy atom. The van der Waals surface area contributed by atoms with Crippen LogP contribution in [0.4, 0.5) is 0 Å². The molecule has 0 aliphatic heterocycles. The van der Waals surface area contributed by atoms with E-state index in [0.717, 1.165) is 11.2 Å². The van der Waals surface area contributed by atoms with Gasteiger partial charge in [-0.3, -0.25) is 0 Å². The molecule has 0 spiro atoms. The molecule has 2 aromatic rings. The van der Waals surface area contributed by atoms with Gasteiger partial charge in [0.1, 0.15) is 11.8 Å². The molecule has 0 atom stereocenters. The Bertz CT molecular complexity index is 353. The highest BCUT2D eigenvalue weighted by atomic mass is 15.1. The van der Waals surface area contributed by atoms with E-state index >= 15 is 0 Å². The number of rotatable bonds is 0. The lowest BCUT2D eigenvalue weighted by Gasteiger charge is -1.88. The lowest BCUT2D eigenvalue weighted by atomic mass is 10.5. The molecule has 0 bridgehead atoms. The molecule has 0 N–H and O–H groups in total. The van der Waals surface area contributed by atoms with Gasteiger partial charge in [-0.15, -0.1) is 0 Å². The van der Waals surface area contributed by atoms with Gasteiger partial charge in [-0.05, 0) is 0 Å². The Morgan fingerprint density at radius 1 is 1.25 bits per heavy atom. The number of fused-ring (bicyclic) bond motifs is 1. The minimum Gasteiger partial charge on any atom is -0.331 e. The summed E-state index contributed by atoms with van der Waals surface area (Å²) in [6.45, 7) is 4.00. The van der Waals surface area contributed by atoms with Crippen LogP contribution in [0.5, 0.6) is 0 Å². The van der Waals surface area contributed by atoms with Gasteiger partial charge in [0, 0.05) is 7.05 Å². The normalized spacial score (nSPS) is 9.25. The molecule has 0 amide bonds. The molecule has 0 unspecified atom stereocenters. The Balaban J connectivity index is 0.000000336. The summed E-state index contributed by atoms with van der Waals surface area (Å²) in [5, 5.41) is 0. The first kappa shape index (κ1) is 8.64. The lowest BCUT2D eigenvalue weighted by Crippen LogP contribution is -1.85. The molecule has 0 fully saturated rings. The number of hydrogen-bond acceptors (Lipinski definition) is 3. The van der Waals surface area contributed by atoms with Gasteiger partial charge in [0.05, 0.1) is 12.5 Å². The third kappa shape index (κ3) is 1.42. The average Bonchev–Trinajstić information content (AvgIpc) is 2.53. The Morgan fingerprint density at radius 3 is 2.67 bits per heavy atom. The molecule has 4 nitrogen and oxygen atoms in total. The Kier molecular flexibility index (Phi) is 2.74. The SMILES string of the molecule is CC.Cn1cnc2ncncc21. The molecular formula is C8H12N4. The van der Waals surface area contributed by atoms with E-state index in [1.54, 1.807) is 12.5 Å². The van der Waals surface area contributed by atoms with Crippen molar-refractivity contribution in [1.82, 2.24) is 19.5 Å². The summed E-state index contributed by atoms with van der Waals surface area (Å²) >= 11 is 0. The van der Waals surface area contributed by atoms with E-state index in [1.165, 1.54) is 6.33 Å². The number of hydrogen-bond donors (Lipinski definition) is 0. The van der Waals surface area contributed by atoms with Crippen molar-refractivity contribution < 1.29 is 0 Å². The predicted molar refractivity (Wildman–Crippen MR) is 47.7 cm³/mol. The van der Waals surface area contributed by atoms with Crippen LogP contribution in [0.25, 0.3) is 11.2 Å². The van der Waals surface area contributed by atoms with Crippen molar-refractivity contribution in [2.75, 3.05) is 0 Å². The van der Waals surface area contributed by atoms with Gasteiger partial charge < -0.3 is 4.57 Å². The average molecular weight is 164 g/mol. The predicted octanol–water partition coefficient (Wildman–Crippen LogP) is 1.39. The molecule has 0 aliphatic carbocycles. The molecule has 0 saturated carbocycles. The third-order valence-electron chi connectivity index (χ3n) is 1.41. The maximum absolute atomic E-state index is 4.03. The van der Waals surface area contributed by atoms with Gasteiger partial charge in [0.2, 0.25) is 0 Å². The first-order valence-corrected chi connectivity index (χ1v) is 3.95. The minimum absolute atomic E-state index is 0.748. The van der Waals surface area contributed by atoms with Gasteiger partial charge in [0.25, 0.3) is 0 Å². The molecule has 0 aliphatic rings. The van der Waals surface area contributed by atoms with E-state index < -0.39 is 0 Å². The number of aromatic nitrogens is 4. The van der Waals surface area contributed by atoms with Gasteiger partial charge in [-0.2, -0.15) is 0 Å². The Labute approximate surface area is 71.3 Å². The fraction of sp³-hybridized carbons (Fsp3) is 0.375. The quantitative estimate of drug-likeness (QED) is 0.591. The fourth-order valence-corrected chi connectivity index (χ4v) is 0.868. The molecule has 2 heterocycles. The van der Waals surface area contributed by atoms with Crippen molar-refractivity contribution in [3.05, 3.63) is 18.9 Å². The summed E-state index contributed by atoms with van der Waals surface area (Å²) in [6, 6.07) is 0. The summed E-state index contributed by atoms with van der Waals surface area (Å²) in [5.41, 5.74) is 1.71. The van der Waals surface area contributed by atoms with Crippen LogP contribution >= 0.6 is 0 Å². The second-order valence-corrected chi connectivity index (χ2v) is 2.09. The van der Waals surface area contributed by atoms with Crippen molar-refractivity contribution in [3.8, 4) is 0 Å². The topological polar surface area (TPSA) is 43.6 Å². The summed E-state index contributed by atoms with van der Waals surface area (Å²) in [6.07, 6.45) is 4.96. The summed E-state index contributed by atoms with van der Waals surface area (Å²) in [5.74, 6) is 0. The van der Waals surface area contributed by atoms with E-state index in [-0.39, 0.29) is 0 Å². The molecular weight excluding hydrogens is 152 g/mol. The zero-order valence-corrected chi connectivity index (χ0v) is 7.52. The largest absolute Gasteiger partial charge is 0.331 e. The van der Waals surface area contributed by atoms with Crippen molar-refractivity contribution in [1.29, 1.82) is 0 Å². The highest BCUT2D eigenvalue weighted by Crippen LogP contribution is 2.03. The molecule has 12 heavy (non-hydrogen) atoms. The van der Waals surface area contributed by atoms with Crippen molar-refractivity contribution in [2.24, 2.45) is 7.05 Å². The summed E-state index contributed by atoms with van der Waals surface area (Å²) < 4.78 is 1.88. The highest BCUT2D eigenvalue weighted by molar-refractivity contribution is 5.68. The van der Waals surface area contributed by atoms with Gasteiger partial charge in [-0.1, -0.05) is 13.8 Å². The number of imidazole rings is 1. The first-order chi connectivity index (χ1) is 5.88. The van der Waals surface area contributed by atoms with Crippen molar-refractivity contribution in [2.45, 2.75) is 13.8 Å². The third-order valence-corrected chi connectivity index (χ3v) is 1.41. The van der Waals surface area contributed by atoms with Gasteiger partial charge in [0.15, 0.2) is 5.65 Å². The Hall–Kier alpha value is -1.45. The second-order valence-electron chi connectivity index (χ2n) is 2.09. The van der Waals surface area contributed by atoms with Crippen LogP contribution in [0.1, 0.15) is 13.8 Å².